The Kier molecular flexibility index (Phi) is 12.5. The molecule has 300 valence electrons. The highest BCUT2D eigenvalue weighted by Crippen LogP contribution is 2.41. The Morgan fingerprint density at radius 3 is 1.79 bits per heavy atom. The van der Waals surface area contributed by atoms with Gasteiger partial charge in [-0.3, -0.25) is 14.1 Å². The molecule has 1 atom stereocenters. The van der Waals surface area contributed by atoms with Gasteiger partial charge in [-0.25, -0.2) is 0 Å². The lowest BCUT2D eigenvalue weighted by Gasteiger charge is -2.21. The van der Waals surface area contributed by atoms with Crippen molar-refractivity contribution >= 4 is 27.5 Å². The molecular formula is C44H41F6NO5S. The van der Waals surface area contributed by atoms with Crippen LogP contribution in [0.2, 0.25) is 0 Å². The Labute approximate surface area is 327 Å². The number of alkyl halides is 6. The van der Waals surface area contributed by atoms with Crippen LogP contribution in [0, 0.1) is 6.92 Å². The van der Waals surface area contributed by atoms with Crippen LogP contribution < -0.4 is 5.32 Å². The van der Waals surface area contributed by atoms with Gasteiger partial charge >= 0.3 is 12.4 Å². The number of halogens is 6. The SMILES string of the molecule is Cc1cc(C(F)(F)F)ccc1-c1ccc(NC(=O)C(Cc2ccc(C(=O)CCCS(=O)(=O)O)cc2)c2ccc(-c3ccc(C(C)(C)C)cc3)cc2)cc1C(F)(F)F. The van der Waals surface area contributed by atoms with Gasteiger partial charge in [0.1, 0.15) is 0 Å². The van der Waals surface area contributed by atoms with Gasteiger partial charge in [0.15, 0.2) is 5.78 Å². The maximum absolute atomic E-state index is 14.5. The second-order valence-electron chi connectivity index (χ2n) is 15.0. The van der Waals surface area contributed by atoms with Crippen molar-refractivity contribution in [3.63, 3.8) is 0 Å². The van der Waals surface area contributed by atoms with Gasteiger partial charge in [0.2, 0.25) is 5.91 Å². The van der Waals surface area contributed by atoms with E-state index in [1.165, 1.54) is 25.1 Å². The van der Waals surface area contributed by atoms with Crippen LogP contribution in [0.3, 0.4) is 0 Å². The molecule has 6 nitrogen and oxygen atoms in total. The molecule has 0 fully saturated rings. The number of aryl methyl sites for hydroxylation is 1. The van der Waals surface area contributed by atoms with E-state index in [-0.39, 0.29) is 52.8 Å². The number of nitrogens with one attached hydrogen (secondary N) is 1. The van der Waals surface area contributed by atoms with Crippen molar-refractivity contribution in [1.29, 1.82) is 0 Å². The van der Waals surface area contributed by atoms with Crippen LogP contribution in [0.25, 0.3) is 22.3 Å². The number of hydrogen-bond donors (Lipinski definition) is 2. The second kappa shape index (κ2) is 16.7. The summed E-state index contributed by atoms with van der Waals surface area (Å²) in [6, 6.07) is 27.3. The molecule has 5 aromatic carbocycles. The first-order valence-corrected chi connectivity index (χ1v) is 19.6. The molecule has 0 heterocycles. The second-order valence-corrected chi connectivity index (χ2v) is 16.6. The van der Waals surface area contributed by atoms with E-state index >= 15 is 0 Å². The minimum atomic E-state index is -4.92. The van der Waals surface area contributed by atoms with Crippen molar-refractivity contribution in [2.75, 3.05) is 11.1 Å². The lowest BCUT2D eigenvalue weighted by atomic mass is 9.86. The molecule has 5 rings (SSSR count). The smallest absolute Gasteiger partial charge is 0.326 e. The van der Waals surface area contributed by atoms with Crippen molar-refractivity contribution in [2.45, 2.75) is 70.6 Å². The number of carbonyl (C=O) groups is 2. The third kappa shape index (κ3) is 11.2. The molecule has 1 unspecified atom stereocenters. The van der Waals surface area contributed by atoms with Crippen molar-refractivity contribution in [3.05, 3.63) is 148 Å². The maximum Gasteiger partial charge on any atom is 0.417 e. The maximum atomic E-state index is 14.5. The monoisotopic (exact) mass is 809 g/mol. The van der Waals surface area contributed by atoms with Gasteiger partial charge in [0.05, 0.1) is 22.8 Å². The number of hydrogen-bond acceptors (Lipinski definition) is 4. The molecule has 0 aromatic heterocycles. The third-order valence-electron chi connectivity index (χ3n) is 9.67. The lowest BCUT2D eigenvalue weighted by Crippen LogP contribution is -2.23. The molecule has 0 aliphatic heterocycles. The number of amides is 1. The molecule has 0 bridgehead atoms. The van der Waals surface area contributed by atoms with Gasteiger partial charge in [-0.15, -0.1) is 0 Å². The first kappa shape index (κ1) is 42.9. The van der Waals surface area contributed by atoms with E-state index in [1.54, 1.807) is 24.3 Å². The summed E-state index contributed by atoms with van der Waals surface area (Å²) in [4.78, 5) is 26.7. The van der Waals surface area contributed by atoms with Gasteiger partial charge in [-0.2, -0.15) is 34.8 Å². The molecule has 2 N–H and O–H groups in total. The Bertz CT molecular complexity index is 2350. The topological polar surface area (TPSA) is 101 Å². The van der Waals surface area contributed by atoms with Crippen LogP contribution in [0.5, 0.6) is 0 Å². The van der Waals surface area contributed by atoms with E-state index in [2.05, 4.69) is 26.1 Å². The number of Topliss-reactive ketones (excluding diaryl/α,β-unsaturated/α-hetero) is 1. The summed E-state index contributed by atoms with van der Waals surface area (Å²) in [5, 5.41) is 2.62. The molecule has 1 amide bonds. The number of ketones is 1. The first-order valence-electron chi connectivity index (χ1n) is 18.0. The van der Waals surface area contributed by atoms with Crippen molar-refractivity contribution in [2.24, 2.45) is 0 Å². The van der Waals surface area contributed by atoms with Crippen LogP contribution in [0.15, 0.2) is 109 Å². The molecule has 0 radical (unpaired) electrons. The molecule has 0 aliphatic rings. The highest BCUT2D eigenvalue weighted by atomic mass is 32.2. The van der Waals surface area contributed by atoms with E-state index in [0.717, 1.165) is 47.0 Å². The van der Waals surface area contributed by atoms with E-state index in [9.17, 15) is 44.3 Å². The quantitative estimate of drug-likeness (QED) is 0.0743. The van der Waals surface area contributed by atoms with Gasteiger partial charge in [-0.1, -0.05) is 106 Å². The summed E-state index contributed by atoms with van der Waals surface area (Å²) in [7, 11) is -4.22. The van der Waals surface area contributed by atoms with E-state index in [1.807, 2.05) is 36.4 Å². The number of carbonyl (C=O) groups excluding carboxylic acids is 2. The Balaban J connectivity index is 1.45. The van der Waals surface area contributed by atoms with Crippen LogP contribution >= 0.6 is 0 Å². The molecule has 0 spiro atoms. The van der Waals surface area contributed by atoms with E-state index < -0.39 is 51.2 Å². The van der Waals surface area contributed by atoms with Crippen molar-refractivity contribution in [1.82, 2.24) is 0 Å². The minimum absolute atomic E-state index is 0.00779. The number of rotatable bonds is 12. The largest absolute Gasteiger partial charge is 0.417 e. The van der Waals surface area contributed by atoms with E-state index in [4.69, 9.17) is 4.55 Å². The highest BCUT2D eigenvalue weighted by molar-refractivity contribution is 7.85. The summed E-state index contributed by atoms with van der Waals surface area (Å²) in [5.74, 6) is -2.46. The average Bonchev–Trinajstić information content (AvgIpc) is 3.12. The molecule has 57 heavy (non-hydrogen) atoms. The van der Waals surface area contributed by atoms with Crippen molar-refractivity contribution < 1.29 is 48.9 Å². The Hall–Kier alpha value is -5.27. The van der Waals surface area contributed by atoms with Crippen molar-refractivity contribution in [3.8, 4) is 22.3 Å². The summed E-state index contributed by atoms with van der Waals surface area (Å²) < 4.78 is 114. The zero-order valence-electron chi connectivity index (χ0n) is 31.6. The molecule has 0 saturated carbocycles. The lowest BCUT2D eigenvalue weighted by molar-refractivity contribution is -0.138. The number of benzene rings is 5. The zero-order chi connectivity index (χ0) is 41.9. The van der Waals surface area contributed by atoms with Gasteiger partial charge < -0.3 is 5.32 Å². The van der Waals surface area contributed by atoms with Gasteiger partial charge in [-0.05, 0) is 94.0 Å². The van der Waals surface area contributed by atoms with Crippen LogP contribution in [0.4, 0.5) is 32.0 Å². The van der Waals surface area contributed by atoms with E-state index in [0.29, 0.717) is 16.7 Å². The molecule has 0 aliphatic carbocycles. The Morgan fingerprint density at radius 1 is 0.702 bits per heavy atom. The van der Waals surface area contributed by atoms with Gasteiger partial charge in [0, 0.05) is 17.7 Å². The predicted octanol–water partition coefficient (Wildman–Crippen LogP) is 11.5. The average molecular weight is 810 g/mol. The normalized spacial score (nSPS) is 13.0. The summed E-state index contributed by atoms with van der Waals surface area (Å²) in [6.07, 6.45) is -9.70. The molecular weight excluding hydrogens is 769 g/mol. The van der Waals surface area contributed by atoms with Crippen LogP contribution in [-0.2, 0) is 39.1 Å². The fourth-order valence-electron chi connectivity index (χ4n) is 6.52. The summed E-state index contributed by atoms with van der Waals surface area (Å²) in [5.41, 5.74) is 1.70. The highest BCUT2D eigenvalue weighted by Gasteiger charge is 2.36. The van der Waals surface area contributed by atoms with Crippen LogP contribution in [-0.4, -0.2) is 30.4 Å². The zero-order valence-corrected chi connectivity index (χ0v) is 32.4. The Morgan fingerprint density at radius 2 is 1.26 bits per heavy atom. The third-order valence-corrected chi connectivity index (χ3v) is 10.5. The standard InChI is InChI=1S/C44H41F6NO5S/c1-27-24-34(43(45,46)47)19-21-36(27)37-22-20-35(26-39(37)44(48,49)50)51-41(53)38(25-28-7-9-32(10-8-28)40(52)6-5-23-57(54,55)56)31-13-11-29(12-14-31)30-15-17-33(18-16-30)42(2,3)4/h7-22,24,26,38H,5-6,23,25H2,1-4H3,(H,51,53)(H,54,55,56). The first-order chi connectivity index (χ1) is 26.5. The predicted molar refractivity (Wildman–Crippen MR) is 209 cm³/mol. The summed E-state index contributed by atoms with van der Waals surface area (Å²) >= 11 is 0. The molecule has 13 heteroatoms. The fraction of sp³-hybridized carbons (Fsp3) is 0.273. The summed E-state index contributed by atoms with van der Waals surface area (Å²) in [6.45, 7) is 7.63. The van der Waals surface area contributed by atoms with Gasteiger partial charge in [0.25, 0.3) is 10.1 Å². The molecule has 5 aromatic rings. The minimum Gasteiger partial charge on any atom is -0.326 e. The van der Waals surface area contributed by atoms with Crippen LogP contribution in [0.1, 0.15) is 83.3 Å². The fourth-order valence-corrected chi connectivity index (χ4v) is 7.03. The molecule has 0 saturated heterocycles. The number of anilines is 1.